The number of nitrogens with zero attached hydrogens (tertiary/aromatic N) is 1. The third-order valence-corrected chi connectivity index (χ3v) is 8.69. The molecule has 8 nitrogen and oxygen atoms in total. The molecule has 1 aliphatic heterocycles. The summed E-state index contributed by atoms with van der Waals surface area (Å²) in [5.41, 5.74) is -0.0305. The lowest BCUT2D eigenvalue weighted by atomic mass is 9.97. The van der Waals surface area contributed by atoms with Gasteiger partial charge in [0.1, 0.15) is 29.3 Å². The number of nitrogens with one attached hydrogen (secondary N) is 3. The number of hydrogen-bond donors (Lipinski definition) is 4. The second-order valence-corrected chi connectivity index (χ2v) is 12.4. The van der Waals surface area contributed by atoms with Crippen LogP contribution in [0.1, 0.15) is 30.5 Å². The van der Waals surface area contributed by atoms with Crippen molar-refractivity contribution in [2.45, 2.75) is 56.3 Å². The van der Waals surface area contributed by atoms with Crippen LogP contribution in [0.5, 0.6) is 0 Å². The third kappa shape index (κ3) is 7.69. The van der Waals surface area contributed by atoms with Crippen LogP contribution in [0.4, 0.5) is 22.4 Å². The summed E-state index contributed by atoms with van der Waals surface area (Å²) in [5.74, 6) is -4.89. The molecule has 0 bridgehead atoms. The van der Waals surface area contributed by atoms with Crippen molar-refractivity contribution in [3.05, 3.63) is 107 Å². The Morgan fingerprint density at radius 2 is 1.39 bits per heavy atom. The van der Waals surface area contributed by atoms with Gasteiger partial charge in [-0.3, -0.25) is 9.59 Å². The smallest absolute Gasteiger partial charge is 0.315 e. The number of carbonyl (C=O) groups excluding carboxylic acids is 3. The van der Waals surface area contributed by atoms with Crippen molar-refractivity contribution in [3.63, 3.8) is 0 Å². The first-order valence-corrected chi connectivity index (χ1v) is 14.7. The van der Waals surface area contributed by atoms with Gasteiger partial charge in [-0.1, -0.05) is 42.5 Å². The van der Waals surface area contributed by atoms with Crippen molar-refractivity contribution >= 4 is 29.6 Å². The van der Waals surface area contributed by atoms with Crippen molar-refractivity contribution in [1.29, 1.82) is 0 Å². The summed E-state index contributed by atoms with van der Waals surface area (Å²) >= 11 is 1.27. The molecule has 0 aliphatic carbocycles. The molecule has 44 heavy (non-hydrogen) atoms. The first-order valence-electron chi connectivity index (χ1n) is 13.7. The standard InChI is InChI=1S/C31H32F4N4O4S/c1-31(2)27(28(41)36-15-19-21(32)10-6-11-22(19)33)39(17-44-31)29(42)26(40)25(14-18-8-4-3-5-9-18)38-30(43)37-16-20-23(34)12-7-13-24(20)35/h3-13,25-27,40H,14-17H2,1-2H3,(H,36,41)(H2,37,38,43)/t25-,26-,27-/m0/s1. The van der Waals surface area contributed by atoms with Gasteiger partial charge >= 0.3 is 6.03 Å². The average molecular weight is 633 g/mol. The first-order chi connectivity index (χ1) is 20.9. The van der Waals surface area contributed by atoms with Gasteiger partial charge < -0.3 is 26.0 Å². The van der Waals surface area contributed by atoms with Gasteiger partial charge in [0.25, 0.3) is 5.91 Å². The summed E-state index contributed by atoms with van der Waals surface area (Å²) in [6, 6.07) is 12.1. The van der Waals surface area contributed by atoms with Gasteiger partial charge in [-0.2, -0.15) is 0 Å². The van der Waals surface area contributed by atoms with E-state index in [1.54, 1.807) is 44.2 Å². The Balaban J connectivity index is 1.50. The largest absolute Gasteiger partial charge is 0.381 e. The van der Waals surface area contributed by atoms with Crippen LogP contribution < -0.4 is 16.0 Å². The van der Waals surface area contributed by atoms with Crippen LogP contribution in [0, 0.1) is 23.3 Å². The minimum atomic E-state index is -1.83. The topological polar surface area (TPSA) is 111 Å². The van der Waals surface area contributed by atoms with Crippen molar-refractivity contribution < 1.29 is 37.1 Å². The maximum Gasteiger partial charge on any atom is 0.315 e. The normalized spacial score (nSPS) is 17.1. The third-order valence-electron chi connectivity index (χ3n) is 7.31. The Morgan fingerprint density at radius 1 is 0.864 bits per heavy atom. The second-order valence-electron chi connectivity index (χ2n) is 10.8. The van der Waals surface area contributed by atoms with E-state index in [4.69, 9.17) is 0 Å². The van der Waals surface area contributed by atoms with E-state index in [0.717, 1.165) is 29.2 Å². The summed E-state index contributed by atoms with van der Waals surface area (Å²) in [4.78, 5) is 41.0. The highest BCUT2D eigenvalue weighted by Gasteiger charge is 2.49. The van der Waals surface area contributed by atoms with Crippen LogP contribution in [0.3, 0.4) is 0 Å². The minimum Gasteiger partial charge on any atom is -0.381 e. The Kier molecular flexibility index (Phi) is 10.5. The van der Waals surface area contributed by atoms with Crippen LogP contribution >= 0.6 is 11.8 Å². The average Bonchev–Trinajstić information content (AvgIpc) is 3.30. The number of hydrogen-bond acceptors (Lipinski definition) is 5. The molecule has 4 rings (SSSR count). The summed E-state index contributed by atoms with van der Waals surface area (Å²) < 4.78 is 55.5. The van der Waals surface area contributed by atoms with Gasteiger partial charge in [0.2, 0.25) is 5.91 Å². The molecule has 3 aromatic carbocycles. The Morgan fingerprint density at radius 3 is 1.93 bits per heavy atom. The number of amides is 4. The highest BCUT2D eigenvalue weighted by Crippen LogP contribution is 2.40. The molecule has 234 valence electrons. The number of aliphatic hydroxyl groups excluding tert-OH is 1. The quantitative estimate of drug-likeness (QED) is 0.253. The van der Waals surface area contributed by atoms with E-state index >= 15 is 0 Å². The number of urea groups is 1. The van der Waals surface area contributed by atoms with E-state index in [9.17, 15) is 37.1 Å². The van der Waals surface area contributed by atoms with Crippen molar-refractivity contribution in [2.75, 3.05) is 5.88 Å². The van der Waals surface area contributed by atoms with Crippen molar-refractivity contribution in [3.8, 4) is 0 Å². The zero-order chi connectivity index (χ0) is 32.0. The van der Waals surface area contributed by atoms with Gasteiger partial charge in [-0.15, -0.1) is 11.8 Å². The molecule has 13 heteroatoms. The van der Waals surface area contributed by atoms with E-state index in [0.29, 0.717) is 5.56 Å². The lowest BCUT2D eigenvalue weighted by Crippen LogP contribution is -2.59. The number of rotatable bonds is 10. The lowest BCUT2D eigenvalue weighted by Gasteiger charge is -2.33. The zero-order valence-electron chi connectivity index (χ0n) is 24.0. The van der Waals surface area contributed by atoms with Gasteiger partial charge in [-0.25, -0.2) is 22.4 Å². The van der Waals surface area contributed by atoms with Gasteiger partial charge in [0.15, 0.2) is 6.10 Å². The molecule has 0 spiro atoms. The van der Waals surface area contributed by atoms with Crippen LogP contribution in [0.25, 0.3) is 0 Å². The molecule has 1 fully saturated rings. The molecule has 3 atom stereocenters. The first kappa shape index (κ1) is 32.8. The number of carbonyl (C=O) groups is 3. The number of halogens is 4. The van der Waals surface area contributed by atoms with E-state index < -0.39 is 77.1 Å². The molecule has 0 unspecified atom stereocenters. The Hall–Kier alpha value is -4.10. The number of aliphatic hydroxyl groups is 1. The fourth-order valence-corrected chi connectivity index (χ4v) is 6.07. The van der Waals surface area contributed by atoms with E-state index in [-0.39, 0.29) is 23.4 Å². The van der Waals surface area contributed by atoms with Crippen LogP contribution in [-0.2, 0) is 29.1 Å². The minimum absolute atomic E-state index is 0.00300. The Labute approximate surface area is 256 Å². The molecule has 4 amide bonds. The highest BCUT2D eigenvalue weighted by atomic mass is 32.2. The van der Waals surface area contributed by atoms with Gasteiger partial charge in [0, 0.05) is 22.4 Å². The number of thioether (sulfide) groups is 1. The van der Waals surface area contributed by atoms with Crippen molar-refractivity contribution in [1.82, 2.24) is 20.9 Å². The SMILES string of the molecule is CC1(C)SCN(C(=O)[C@@H](O)[C@H](Cc2ccccc2)NC(=O)NCc2c(F)cccc2F)[C@H]1C(=O)NCc1c(F)cccc1F. The second kappa shape index (κ2) is 14.1. The van der Waals surface area contributed by atoms with Crippen LogP contribution in [0.2, 0.25) is 0 Å². The molecule has 0 aromatic heterocycles. The Bertz CT molecular complexity index is 1470. The zero-order valence-corrected chi connectivity index (χ0v) is 24.8. The summed E-state index contributed by atoms with van der Waals surface area (Å²) in [7, 11) is 0. The molecule has 4 N–H and O–H groups in total. The monoisotopic (exact) mass is 632 g/mol. The summed E-state index contributed by atoms with van der Waals surface area (Å²) in [6.07, 6.45) is -1.83. The molecule has 3 aromatic rings. The maximum absolute atomic E-state index is 14.1. The molecular formula is C31H32F4N4O4S. The van der Waals surface area contributed by atoms with E-state index in [1.807, 2.05) is 0 Å². The molecular weight excluding hydrogens is 600 g/mol. The van der Waals surface area contributed by atoms with E-state index in [2.05, 4.69) is 16.0 Å². The highest BCUT2D eigenvalue weighted by molar-refractivity contribution is 8.00. The molecule has 1 aliphatic rings. The molecule has 1 heterocycles. The summed E-state index contributed by atoms with van der Waals surface area (Å²) in [5, 5.41) is 18.6. The predicted octanol–water partition coefficient (Wildman–Crippen LogP) is 4.01. The lowest BCUT2D eigenvalue weighted by molar-refractivity contribution is -0.147. The van der Waals surface area contributed by atoms with Gasteiger partial charge in [-0.05, 0) is 50.1 Å². The molecule has 0 saturated carbocycles. The molecule has 1 saturated heterocycles. The van der Waals surface area contributed by atoms with Crippen LogP contribution in [0.15, 0.2) is 66.7 Å². The van der Waals surface area contributed by atoms with Gasteiger partial charge in [0.05, 0.1) is 18.5 Å². The van der Waals surface area contributed by atoms with E-state index in [1.165, 1.54) is 23.9 Å². The molecule has 0 radical (unpaired) electrons. The predicted molar refractivity (Wildman–Crippen MR) is 157 cm³/mol. The maximum atomic E-state index is 14.1. The number of benzene rings is 3. The van der Waals surface area contributed by atoms with Crippen molar-refractivity contribution in [2.24, 2.45) is 0 Å². The summed E-state index contributed by atoms with van der Waals surface area (Å²) in [6.45, 7) is 2.49. The fraction of sp³-hybridized carbons (Fsp3) is 0.323. The van der Waals surface area contributed by atoms with Crippen LogP contribution in [-0.4, -0.2) is 56.7 Å². The fourth-order valence-electron chi connectivity index (χ4n) is 4.93.